The third-order valence-electron chi connectivity index (χ3n) is 4.25. The Balaban J connectivity index is 1.62. The van der Waals surface area contributed by atoms with Gasteiger partial charge in [0.1, 0.15) is 0 Å². The number of amides is 4. The summed E-state index contributed by atoms with van der Waals surface area (Å²) in [4.78, 5) is 38.5. The minimum absolute atomic E-state index is 0.153. The number of nitrogens with zero attached hydrogens (tertiary/aromatic N) is 2. The van der Waals surface area contributed by atoms with Crippen molar-refractivity contribution in [2.24, 2.45) is 0 Å². The number of nitrogens with one attached hydrogen (secondary N) is 1. The second-order valence-corrected chi connectivity index (χ2v) is 5.69. The molecule has 1 N–H and O–H groups in total. The maximum Gasteiger partial charge on any atom is 0.322 e. The topological polar surface area (TPSA) is 88.2 Å². The van der Waals surface area contributed by atoms with Crippen LogP contribution >= 0.6 is 0 Å². The number of rotatable bonds is 4. The third kappa shape index (κ3) is 2.75. The Bertz CT molecular complexity index is 668. The number of hydrogen-bond donors (Lipinski definition) is 1. The summed E-state index contributed by atoms with van der Waals surface area (Å²) in [6, 6.07) is 4.67. The highest BCUT2D eigenvalue weighted by atomic mass is 16.5. The lowest BCUT2D eigenvalue weighted by Gasteiger charge is -2.42. The van der Waals surface area contributed by atoms with Gasteiger partial charge in [-0.15, -0.1) is 0 Å². The van der Waals surface area contributed by atoms with Gasteiger partial charge in [-0.1, -0.05) is 6.07 Å². The maximum atomic E-state index is 12.3. The minimum atomic E-state index is -0.308. The molecule has 2 fully saturated rings. The molecule has 8 heteroatoms. The van der Waals surface area contributed by atoms with E-state index in [2.05, 4.69) is 5.32 Å². The van der Waals surface area contributed by atoms with Crippen molar-refractivity contribution in [3.63, 3.8) is 0 Å². The monoisotopic (exact) mass is 333 g/mol. The molecule has 0 aliphatic carbocycles. The molecular formula is C16H19N3O5. The van der Waals surface area contributed by atoms with E-state index in [0.717, 1.165) is 0 Å². The van der Waals surface area contributed by atoms with E-state index in [9.17, 15) is 14.4 Å². The molecule has 2 saturated heterocycles. The molecule has 0 unspecified atom stereocenters. The van der Waals surface area contributed by atoms with E-state index in [1.165, 1.54) is 19.1 Å². The summed E-state index contributed by atoms with van der Waals surface area (Å²) < 4.78 is 10.5. The van der Waals surface area contributed by atoms with Gasteiger partial charge in [-0.2, -0.15) is 0 Å². The van der Waals surface area contributed by atoms with Crippen molar-refractivity contribution < 1.29 is 23.9 Å². The number of carbonyl (C=O) groups is 3. The van der Waals surface area contributed by atoms with Crippen molar-refractivity contribution >= 4 is 23.5 Å². The first-order valence-corrected chi connectivity index (χ1v) is 7.67. The van der Waals surface area contributed by atoms with Crippen molar-refractivity contribution in [2.75, 3.05) is 32.6 Å². The molecule has 128 valence electrons. The second-order valence-electron chi connectivity index (χ2n) is 5.69. The van der Waals surface area contributed by atoms with Crippen LogP contribution in [0.1, 0.15) is 12.8 Å². The number of para-hydroxylation sites is 1. The number of hydrogen-bond acceptors (Lipinski definition) is 5. The van der Waals surface area contributed by atoms with Gasteiger partial charge < -0.3 is 19.7 Å². The molecule has 0 saturated carbocycles. The Labute approximate surface area is 139 Å². The quantitative estimate of drug-likeness (QED) is 0.833. The molecule has 2 aliphatic heterocycles. The molecule has 2 aliphatic rings. The molecule has 4 amide bonds. The highest BCUT2D eigenvalue weighted by Crippen LogP contribution is 2.35. The molecule has 0 radical (unpaired) electrons. The van der Waals surface area contributed by atoms with Crippen LogP contribution in [-0.2, 0) is 9.59 Å². The fraction of sp³-hybridized carbons (Fsp3) is 0.438. The number of anilines is 1. The minimum Gasteiger partial charge on any atom is -0.493 e. The average molecular weight is 333 g/mol. The Hall–Kier alpha value is -2.77. The van der Waals surface area contributed by atoms with Gasteiger partial charge in [0, 0.05) is 25.9 Å². The van der Waals surface area contributed by atoms with Crippen LogP contribution in [0.5, 0.6) is 11.5 Å². The number of urea groups is 1. The molecule has 8 nitrogen and oxygen atoms in total. The predicted octanol–water partition coefficient (Wildman–Crippen LogP) is 1.07. The van der Waals surface area contributed by atoms with Gasteiger partial charge in [0.25, 0.3) is 0 Å². The number of likely N-dealkylation sites (tertiary alicyclic amines) is 2. The maximum absolute atomic E-state index is 12.3. The molecule has 1 aromatic rings. The zero-order chi connectivity index (χ0) is 17.3. The first-order valence-electron chi connectivity index (χ1n) is 7.67. The van der Waals surface area contributed by atoms with E-state index >= 15 is 0 Å². The van der Waals surface area contributed by atoms with Gasteiger partial charge >= 0.3 is 6.03 Å². The smallest absolute Gasteiger partial charge is 0.322 e. The second kappa shape index (κ2) is 6.38. The Morgan fingerprint density at radius 3 is 2.38 bits per heavy atom. The van der Waals surface area contributed by atoms with Gasteiger partial charge in [-0.3, -0.25) is 14.5 Å². The highest BCUT2D eigenvalue weighted by Gasteiger charge is 2.42. The van der Waals surface area contributed by atoms with E-state index < -0.39 is 0 Å². The van der Waals surface area contributed by atoms with Gasteiger partial charge in [0.15, 0.2) is 11.5 Å². The van der Waals surface area contributed by atoms with Crippen molar-refractivity contribution in [3.8, 4) is 11.5 Å². The van der Waals surface area contributed by atoms with Crippen LogP contribution in [-0.4, -0.2) is 61.0 Å². The van der Waals surface area contributed by atoms with Crippen LogP contribution in [0.3, 0.4) is 0 Å². The van der Waals surface area contributed by atoms with Crippen molar-refractivity contribution in [2.45, 2.75) is 18.9 Å². The summed E-state index contributed by atoms with van der Waals surface area (Å²) in [6.45, 7) is 0.686. The fourth-order valence-electron chi connectivity index (χ4n) is 2.97. The fourth-order valence-corrected chi connectivity index (χ4v) is 2.97. The lowest BCUT2D eigenvalue weighted by molar-refractivity contribution is -0.144. The number of ether oxygens (including phenoxy) is 2. The van der Waals surface area contributed by atoms with E-state index in [1.807, 2.05) is 0 Å². The zero-order valence-electron chi connectivity index (χ0n) is 13.6. The van der Waals surface area contributed by atoms with E-state index in [-0.39, 0.29) is 36.7 Å². The summed E-state index contributed by atoms with van der Waals surface area (Å²) in [5.74, 6) is 0.652. The third-order valence-corrected chi connectivity index (χ3v) is 4.25. The molecule has 0 aromatic heterocycles. The first-order chi connectivity index (χ1) is 11.5. The Morgan fingerprint density at radius 1 is 1.12 bits per heavy atom. The molecule has 0 spiro atoms. The van der Waals surface area contributed by atoms with Crippen LogP contribution in [0.15, 0.2) is 18.2 Å². The van der Waals surface area contributed by atoms with Gasteiger partial charge in [-0.05, 0) is 12.1 Å². The average Bonchev–Trinajstić information content (AvgIpc) is 2.85. The van der Waals surface area contributed by atoms with Crippen LogP contribution in [0.2, 0.25) is 0 Å². The molecule has 1 aromatic carbocycles. The molecule has 2 heterocycles. The number of carbonyl (C=O) groups excluding carboxylic acids is 3. The Morgan fingerprint density at radius 2 is 1.79 bits per heavy atom. The molecule has 3 rings (SSSR count). The highest BCUT2D eigenvalue weighted by molar-refractivity contribution is 6.02. The largest absolute Gasteiger partial charge is 0.493 e. The number of benzene rings is 1. The molecule has 0 bridgehead atoms. The number of imide groups is 1. The van der Waals surface area contributed by atoms with Crippen LogP contribution in [0, 0.1) is 0 Å². The summed E-state index contributed by atoms with van der Waals surface area (Å²) >= 11 is 0. The Kier molecular flexibility index (Phi) is 4.28. The predicted molar refractivity (Wildman–Crippen MR) is 85.0 cm³/mol. The van der Waals surface area contributed by atoms with Crippen LogP contribution in [0.25, 0.3) is 0 Å². The first kappa shape index (κ1) is 16.1. The van der Waals surface area contributed by atoms with Gasteiger partial charge in [0.05, 0.1) is 25.9 Å². The van der Waals surface area contributed by atoms with Gasteiger partial charge in [-0.25, -0.2) is 4.79 Å². The van der Waals surface area contributed by atoms with Crippen molar-refractivity contribution in [3.05, 3.63) is 18.2 Å². The van der Waals surface area contributed by atoms with Gasteiger partial charge in [0.2, 0.25) is 11.8 Å². The molecular weight excluding hydrogens is 314 g/mol. The van der Waals surface area contributed by atoms with Crippen LogP contribution < -0.4 is 14.8 Å². The van der Waals surface area contributed by atoms with Crippen molar-refractivity contribution in [1.82, 2.24) is 9.80 Å². The van der Waals surface area contributed by atoms with E-state index in [4.69, 9.17) is 9.47 Å². The van der Waals surface area contributed by atoms with E-state index in [0.29, 0.717) is 30.3 Å². The molecule has 0 atom stereocenters. The lowest BCUT2D eigenvalue weighted by Crippen LogP contribution is -2.63. The molecule has 24 heavy (non-hydrogen) atoms. The van der Waals surface area contributed by atoms with E-state index in [1.54, 1.807) is 23.1 Å². The zero-order valence-corrected chi connectivity index (χ0v) is 13.6. The normalized spacial score (nSPS) is 17.8. The summed E-state index contributed by atoms with van der Waals surface area (Å²) in [7, 11) is 3.02. The standard InChI is InChI=1S/C16H19N3O5/c1-23-12-5-3-4-11(15(12)24-2)17-16(22)18-8-10(9-18)19-13(20)6-7-14(19)21/h3-5,10H,6-9H2,1-2H3,(H,17,22). The summed E-state index contributed by atoms with van der Waals surface area (Å²) in [6.07, 6.45) is 0.533. The lowest BCUT2D eigenvalue weighted by atomic mass is 10.1. The summed E-state index contributed by atoms with van der Waals surface area (Å²) in [5, 5.41) is 2.77. The van der Waals surface area contributed by atoms with Crippen LogP contribution in [0.4, 0.5) is 10.5 Å². The number of methoxy groups -OCH3 is 2. The van der Waals surface area contributed by atoms with Crippen molar-refractivity contribution in [1.29, 1.82) is 0 Å². The SMILES string of the molecule is COc1cccc(NC(=O)N2CC(N3C(=O)CCC3=O)C2)c1OC. The summed E-state index contributed by atoms with van der Waals surface area (Å²) in [5.41, 5.74) is 0.499.